The highest BCUT2D eigenvalue weighted by atomic mass is 19.4. The molecule has 2 aromatic carbocycles. The van der Waals surface area contributed by atoms with Gasteiger partial charge in [-0.15, -0.1) is 0 Å². The molecule has 10 heteroatoms. The number of urea groups is 1. The van der Waals surface area contributed by atoms with Crippen LogP contribution in [0.5, 0.6) is 5.75 Å². The zero-order valence-electron chi connectivity index (χ0n) is 20.9. The molecule has 2 aromatic rings. The first kappa shape index (κ1) is 26.1. The standard InChI is InChI=1S/C26H34F3N5O2/c1-31-11-15-33(16-12-31)23-19-21(7-8-24(23)36-2)30-25(35)34-17-13-32(14-18-34)10-9-20-5-3-4-6-22(20)26(27,28)29/h3-8,19H,9-18H2,1-2H3,(H,30,35). The predicted octanol–water partition coefficient (Wildman–Crippen LogP) is 3.86. The number of carbonyl (C=O) groups excluding carboxylic acids is 1. The summed E-state index contributed by atoms with van der Waals surface area (Å²) < 4.78 is 45.3. The number of nitrogens with one attached hydrogen (secondary N) is 1. The number of rotatable bonds is 6. The van der Waals surface area contributed by atoms with Gasteiger partial charge in [-0.1, -0.05) is 18.2 Å². The minimum Gasteiger partial charge on any atom is -0.495 e. The smallest absolute Gasteiger partial charge is 0.416 e. The summed E-state index contributed by atoms with van der Waals surface area (Å²) in [4.78, 5) is 21.3. The van der Waals surface area contributed by atoms with E-state index in [2.05, 4.69) is 27.1 Å². The van der Waals surface area contributed by atoms with Crippen LogP contribution in [-0.2, 0) is 12.6 Å². The van der Waals surface area contributed by atoms with Crippen LogP contribution in [0.4, 0.5) is 29.3 Å². The van der Waals surface area contributed by atoms with E-state index in [1.807, 2.05) is 18.2 Å². The van der Waals surface area contributed by atoms with Crippen molar-refractivity contribution in [1.82, 2.24) is 14.7 Å². The van der Waals surface area contributed by atoms with Crippen LogP contribution >= 0.6 is 0 Å². The van der Waals surface area contributed by atoms with Crippen molar-refractivity contribution in [2.45, 2.75) is 12.6 Å². The van der Waals surface area contributed by atoms with E-state index < -0.39 is 11.7 Å². The Hall–Kier alpha value is -2.98. The highest BCUT2D eigenvalue weighted by Crippen LogP contribution is 2.33. The molecule has 196 valence electrons. The molecule has 0 radical (unpaired) electrons. The van der Waals surface area contributed by atoms with Gasteiger partial charge in [0.05, 0.1) is 18.4 Å². The summed E-state index contributed by atoms with van der Waals surface area (Å²) in [6, 6.07) is 11.2. The van der Waals surface area contributed by atoms with Gasteiger partial charge in [-0.25, -0.2) is 4.79 Å². The van der Waals surface area contributed by atoms with E-state index in [9.17, 15) is 18.0 Å². The number of anilines is 2. The molecule has 2 saturated heterocycles. The quantitative estimate of drug-likeness (QED) is 0.646. The maximum absolute atomic E-state index is 13.2. The largest absolute Gasteiger partial charge is 0.495 e. The molecule has 2 aliphatic rings. The molecule has 4 rings (SSSR count). The molecule has 7 nitrogen and oxygen atoms in total. The van der Waals surface area contributed by atoms with Crippen LogP contribution in [0, 0.1) is 0 Å². The summed E-state index contributed by atoms with van der Waals surface area (Å²) in [6.45, 7) is 6.52. The second-order valence-corrected chi connectivity index (χ2v) is 9.34. The van der Waals surface area contributed by atoms with E-state index in [1.165, 1.54) is 12.1 Å². The summed E-state index contributed by atoms with van der Waals surface area (Å²) >= 11 is 0. The van der Waals surface area contributed by atoms with E-state index in [-0.39, 0.29) is 6.03 Å². The van der Waals surface area contributed by atoms with Crippen LogP contribution < -0.4 is 15.0 Å². The van der Waals surface area contributed by atoms with Gasteiger partial charge in [0.15, 0.2) is 0 Å². The molecular formula is C26H34F3N5O2. The molecule has 0 spiro atoms. The van der Waals surface area contributed by atoms with E-state index in [0.717, 1.165) is 43.7 Å². The second kappa shape index (κ2) is 11.4. The zero-order valence-corrected chi connectivity index (χ0v) is 20.9. The number of hydrogen-bond donors (Lipinski definition) is 1. The van der Waals surface area contributed by atoms with Gasteiger partial charge in [-0.05, 0) is 43.3 Å². The average Bonchev–Trinajstić information content (AvgIpc) is 2.88. The fourth-order valence-corrected chi connectivity index (χ4v) is 4.73. The number of hydrogen-bond acceptors (Lipinski definition) is 5. The number of ether oxygens (including phenoxy) is 1. The van der Waals surface area contributed by atoms with Gasteiger partial charge >= 0.3 is 12.2 Å². The highest BCUT2D eigenvalue weighted by Gasteiger charge is 2.33. The summed E-state index contributed by atoms with van der Waals surface area (Å²) in [5.41, 5.74) is 1.41. The Balaban J connectivity index is 1.30. The zero-order chi connectivity index (χ0) is 25.7. The number of piperazine rings is 2. The Morgan fingerprint density at radius 1 is 0.972 bits per heavy atom. The van der Waals surface area contributed by atoms with Crippen molar-refractivity contribution >= 4 is 17.4 Å². The molecular weight excluding hydrogens is 471 g/mol. The average molecular weight is 506 g/mol. The minimum absolute atomic E-state index is 0.174. The Labute approximate surface area is 210 Å². The molecule has 1 N–H and O–H groups in total. The summed E-state index contributed by atoms with van der Waals surface area (Å²) in [7, 11) is 3.75. The maximum atomic E-state index is 13.2. The normalized spacial score (nSPS) is 17.8. The lowest BCUT2D eigenvalue weighted by molar-refractivity contribution is -0.138. The number of methoxy groups -OCH3 is 1. The number of likely N-dealkylation sites (N-methyl/N-ethyl adjacent to an activating group) is 1. The van der Waals surface area contributed by atoms with Crippen molar-refractivity contribution in [2.75, 3.05) is 83.3 Å². The number of nitrogens with zero attached hydrogens (tertiary/aromatic N) is 4. The van der Waals surface area contributed by atoms with Gasteiger partial charge in [0.25, 0.3) is 0 Å². The van der Waals surface area contributed by atoms with Crippen LogP contribution in [0.2, 0.25) is 0 Å². The fraction of sp³-hybridized carbons (Fsp3) is 0.500. The molecule has 0 aliphatic carbocycles. The van der Waals surface area contributed by atoms with Crippen LogP contribution in [0.25, 0.3) is 0 Å². The lowest BCUT2D eigenvalue weighted by atomic mass is 10.0. The molecule has 2 amide bonds. The highest BCUT2D eigenvalue weighted by molar-refractivity contribution is 5.90. The van der Waals surface area contributed by atoms with E-state index in [4.69, 9.17) is 4.74 Å². The number of halogens is 3. The molecule has 2 fully saturated rings. The van der Waals surface area contributed by atoms with Crippen LogP contribution in [-0.4, -0.2) is 93.8 Å². The van der Waals surface area contributed by atoms with Gasteiger partial charge < -0.3 is 24.8 Å². The molecule has 0 unspecified atom stereocenters. The van der Waals surface area contributed by atoms with E-state index in [1.54, 1.807) is 18.1 Å². The van der Waals surface area contributed by atoms with Crippen molar-refractivity contribution in [3.8, 4) is 5.75 Å². The Bertz CT molecular complexity index is 1030. The Morgan fingerprint density at radius 3 is 2.33 bits per heavy atom. The van der Waals surface area contributed by atoms with E-state index >= 15 is 0 Å². The fourth-order valence-electron chi connectivity index (χ4n) is 4.73. The lowest BCUT2D eigenvalue weighted by Crippen LogP contribution is -2.50. The van der Waals surface area contributed by atoms with Crippen molar-refractivity contribution in [3.63, 3.8) is 0 Å². The summed E-state index contributed by atoms with van der Waals surface area (Å²) in [5, 5.41) is 3.00. The Kier molecular flexibility index (Phi) is 8.25. The van der Waals surface area contributed by atoms with Gasteiger partial charge in [0.2, 0.25) is 0 Å². The van der Waals surface area contributed by atoms with Gasteiger partial charge in [0, 0.05) is 64.6 Å². The van der Waals surface area contributed by atoms with E-state index in [0.29, 0.717) is 50.4 Å². The first-order valence-electron chi connectivity index (χ1n) is 12.3. The summed E-state index contributed by atoms with van der Waals surface area (Å²) in [5.74, 6) is 0.776. The molecule has 2 heterocycles. The first-order valence-corrected chi connectivity index (χ1v) is 12.3. The monoisotopic (exact) mass is 505 g/mol. The minimum atomic E-state index is -4.35. The third-order valence-electron chi connectivity index (χ3n) is 6.95. The van der Waals surface area contributed by atoms with Gasteiger partial charge in [0.1, 0.15) is 5.75 Å². The molecule has 36 heavy (non-hydrogen) atoms. The maximum Gasteiger partial charge on any atom is 0.416 e. The van der Waals surface area contributed by atoms with Crippen LogP contribution in [0.3, 0.4) is 0 Å². The summed E-state index contributed by atoms with van der Waals surface area (Å²) in [6.07, 6.45) is -4.03. The third kappa shape index (κ3) is 6.41. The first-order chi connectivity index (χ1) is 17.2. The number of amides is 2. The predicted molar refractivity (Wildman–Crippen MR) is 135 cm³/mol. The second-order valence-electron chi connectivity index (χ2n) is 9.34. The van der Waals surface area contributed by atoms with Crippen molar-refractivity contribution < 1.29 is 22.7 Å². The Morgan fingerprint density at radius 2 is 1.67 bits per heavy atom. The van der Waals surface area contributed by atoms with Crippen LogP contribution in [0.1, 0.15) is 11.1 Å². The number of benzene rings is 2. The number of carbonyl (C=O) groups is 1. The lowest BCUT2D eigenvalue weighted by Gasteiger charge is -2.35. The van der Waals surface area contributed by atoms with Crippen LogP contribution in [0.15, 0.2) is 42.5 Å². The van der Waals surface area contributed by atoms with Gasteiger partial charge in [-0.2, -0.15) is 13.2 Å². The molecule has 2 aliphatic heterocycles. The van der Waals surface area contributed by atoms with Gasteiger partial charge in [-0.3, -0.25) is 4.90 Å². The topological polar surface area (TPSA) is 51.3 Å². The SMILES string of the molecule is COc1ccc(NC(=O)N2CCN(CCc3ccccc3C(F)(F)F)CC2)cc1N1CCN(C)CC1. The molecule has 0 saturated carbocycles. The number of alkyl halides is 3. The van der Waals surface area contributed by atoms with Crippen molar-refractivity contribution in [2.24, 2.45) is 0 Å². The third-order valence-corrected chi connectivity index (χ3v) is 6.95. The molecule has 0 aromatic heterocycles. The molecule has 0 atom stereocenters. The van der Waals surface area contributed by atoms with Crippen molar-refractivity contribution in [1.29, 1.82) is 0 Å². The van der Waals surface area contributed by atoms with Crippen molar-refractivity contribution in [3.05, 3.63) is 53.6 Å². The molecule has 0 bridgehead atoms.